The van der Waals surface area contributed by atoms with Crippen LogP contribution in [0.25, 0.3) is 0 Å². The Morgan fingerprint density at radius 1 is 1.17 bits per heavy atom. The van der Waals surface area contributed by atoms with Crippen LogP contribution in [0.2, 0.25) is 0 Å². The van der Waals surface area contributed by atoms with Gasteiger partial charge in [-0.25, -0.2) is 0 Å². The molecule has 2 heteroatoms. The summed E-state index contributed by atoms with van der Waals surface area (Å²) >= 11 is 0. The van der Waals surface area contributed by atoms with Crippen molar-refractivity contribution in [3.05, 3.63) is 59.4 Å². The van der Waals surface area contributed by atoms with E-state index in [4.69, 9.17) is 0 Å². The topological polar surface area (TPSA) is 25.2 Å². The predicted molar refractivity (Wildman–Crippen MR) is 74.6 cm³/mol. The molecule has 18 heavy (non-hydrogen) atoms. The summed E-state index contributed by atoms with van der Waals surface area (Å²) in [6, 6.07) is 10.6. The molecule has 0 bridgehead atoms. The highest BCUT2D eigenvalue weighted by Gasteiger charge is 2.07. The minimum Gasteiger partial charge on any atom is -0.388 e. The Labute approximate surface area is 109 Å². The SMILES string of the molecule is CCCC(O)c1ccn(Cc2ccc(C)cc2)c1. The summed E-state index contributed by atoms with van der Waals surface area (Å²) in [5.41, 5.74) is 3.59. The maximum atomic E-state index is 9.92. The Kier molecular flexibility index (Phi) is 4.21. The average molecular weight is 243 g/mol. The minimum atomic E-state index is -0.325. The highest BCUT2D eigenvalue weighted by molar-refractivity contribution is 5.22. The van der Waals surface area contributed by atoms with Crippen LogP contribution in [0.1, 0.15) is 42.6 Å². The van der Waals surface area contributed by atoms with Gasteiger partial charge < -0.3 is 9.67 Å². The Morgan fingerprint density at radius 2 is 1.89 bits per heavy atom. The molecule has 0 aliphatic carbocycles. The fourth-order valence-corrected chi connectivity index (χ4v) is 2.10. The van der Waals surface area contributed by atoms with Crippen molar-refractivity contribution >= 4 is 0 Å². The van der Waals surface area contributed by atoms with E-state index in [1.54, 1.807) is 0 Å². The molecule has 1 aromatic carbocycles. The maximum Gasteiger partial charge on any atom is 0.0804 e. The first kappa shape index (κ1) is 12.9. The van der Waals surface area contributed by atoms with Crippen LogP contribution < -0.4 is 0 Å². The molecule has 2 nitrogen and oxygen atoms in total. The van der Waals surface area contributed by atoms with Crippen molar-refractivity contribution in [2.45, 2.75) is 39.3 Å². The Morgan fingerprint density at radius 3 is 2.56 bits per heavy atom. The van der Waals surface area contributed by atoms with Crippen molar-refractivity contribution < 1.29 is 5.11 Å². The molecule has 0 radical (unpaired) electrons. The van der Waals surface area contributed by atoms with E-state index in [2.05, 4.69) is 42.7 Å². The van der Waals surface area contributed by atoms with Gasteiger partial charge in [0.15, 0.2) is 0 Å². The number of hydrogen-bond donors (Lipinski definition) is 1. The molecule has 1 atom stereocenters. The van der Waals surface area contributed by atoms with E-state index >= 15 is 0 Å². The van der Waals surface area contributed by atoms with Gasteiger partial charge in [0.1, 0.15) is 0 Å². The molecular formula is C16H21NO. The molecule has 1 aromatic heterocycles. The van der Waals surface area contributed by atoms with Gasteiger partial charge in [0, 0.05) is 18.9 Å². The molecule has 0 amide bonds. The lowest BCUT2D eigenvalue weighted by Crippen LogP contribution is -1.98. The van der Waals surface area contributed by atoms with Crippen molar-refractivity contribution in [3.8, 4) is 0 Å². The molecule has 0 aliphatic rings. The number of hydrogen-bond acceptors (Lipinski definition) is 1. The van der Waals surface area contributed by atoms with Crippen LogP contribution in [-0.2, 0) is 6.54 Å². The van der Waals surface area contributed by atoms with E-state index in [9.17, 15) is 5.11 Å². The fraction of sp³-hybridized carbons (Fsp3) is 0.375. The normalized spacial score (nSPS) is 12.6. The molecule has 1 N–H and O–H groups in total. The van der Waals surface area contributed by atoms with Crippen LogP contribution in [0.4, 0.5) is 0 Å². The summed E-state index contributed by atoms with van der Waals surface area (Å²) in [6.45, 7) is 5.05. The number of aryl methyl sites for hydroxylation is 1. The zero-order valence-corrected chi connectivity index (χ0v) is 11.1. The first-order chi connectivity index (χ1) is 8.69. The van der Waals surface area contributed by atoms with Gasteiger partial charge >= 0.3 is 0 Å². The lowest BCUT2D eigenvalue weighted by atomic mass is 10.1. The van der Waals surface area contributed by atoms with Gasteiger partial charge in [-0.05, 0) is 30.5 Å². The molecule has 0 aliphatic heterocycles. The van der Waals surface area contributed by atoms with Gasteiger partial charge in [0.2, 0.25) is 0 Å². The number of benzene rings is 1. The zero-order valence-electron chi connectivity index (χ0n) is 11.1. The van der Waals surface area contributed by atoms with E-state index in [0.717, 1.165) is 24.9 Å². The Hall–Kier alpha value is -1.54. The van der Waals surface area contributed by atoms with E-state index in [1.807, 2.05) is 18.5 Å². The van der Waals surface area contributed by atoms with E-state index < -0.39 is 0 Å². The molecule has 2 aromatic rings. The Balaban J connectivity index is 2.04. The van der Waals surface area contributed by atoms with Crippen LogP contribution in [0.5, 0.6) is 0 Å². The number of rotatable bonds is 5. The summed E-state index contributed by atoms with van der Waals surface area (Å²) in [5, 5.41) is 9.92. The second-order valence-corrected chi connectivity index (χ2v) is 4.91. The molecule has 1 unspecified atom stereocenters. The smallest absolute Gasteiger partial charge is 0.0804 e. The first-order valence-electron chi connectivity index (χ1n) is 6.58. The Bertz CT molecular complexity index is 484. The number of nitrogens with zero attached hydrogens (tertiary/aromatic N) is 1. The highest BCUT2D eigenvalue weighted by atomic mass is 16.3. The summed E-state index contributed by atoms with van der Waals surface area (Å²) in [7, 11) is 0. The molecule has 0 saturated heterocycles. The van der Waals surface area contributed by atoms with Crippen molar-refractivity contribution in [3.63, 3.8) is 0 Å². The monoisotopic (exact) mass is 243 g/mol. The highest BCUT2D eigenvalue weighted by Crippen LogP contribution is 2.18. The first-order valence-corrected chi connectivity index (χ1v) is 6.58. The van der Waals surface area contributed by atoms with Gasteiger partial charge in [0.25, 0.3) is 0 Å². The molecular weight excluding hydrogens is 222 g/mol. The minimum absolute atomic E-state index is 0.325. The molecule has 0 saturated carbocycles. The standard InChI is InChI=1S/C16H21NO/c1-3-4-16(18)15-9-10-17(12-15)11-14-7-5-13(2)6-8-14/h5-10,12,16,18H,3-4,11H2,1-2H3. The van der Waals surface area contributed by atoms with Gasteiger partial charge in [-0.15, -0.1) is 0 Å². The number of aromatic nitrogens is 1. The third-order valence-electron chi connectivity index (χ3n) is 3.21. The second-order valence-electron chi connectivity index (χ2n) is 4.91. The van der Waals surface area contributed by atoms with Crippen molar-refractivity contribution in [1.82, 2.24) is 4.57 Å². The van der Waals surface area contributed by atoms with E-state index in [1.165, 1.54) is 11.1 Å². The lowest BCUT2D eigenvalue weighted by molar-refractivity contribution is 0.166. The van der Waals surface area contributed by atoms with Crippen LogP contribution >= 0.6 is 0 Å². The predicted octanol–water partition coefficient (Wildman–Crippen LogP) is 3.68. The van der Waals surface area contributed by atoms with Crippen LogP contribution in [0.3, 0.4) is 0 Å². The zero-order chi connectivity index (χ0) is 13.0. The summed E-state index contributed by atoms with van der Waals surface area (Å²) in [4.78, 5) is 0. The maximum absolute atomic E-state index is 9.92. The summed E-state index contributed by atoms with van der Waals surface area (Å²) in [6.07, 6.45) is 5.59. The molecule has 0 spiro atoms. The average Bonchev–Trinajstić information content (AvgIpc) is 2.81. The van der Waals surface area contributed by atoms with Gasteiger partial charge in [-0.3, -0.25) is 0 Å². The third-order valence-corrected chi connectivity index (χ3v) is 3.21. The number of aliphatic hydroxyl groups is 1. The van der Waals surface area contributed by atoms with Crippen LogP contribution in [-0.4, -0.2) is 9.67 Å². The van der Waals surface area contributed by atoms with Gasteiger partial charge in [-0.2, -0.15) is 0 Å². The van der Waals surface area contributed by atoms with Crippen molar-refractivity contribution in [2.75, 3.05) is 0 Å². The van der Waals surface area contributed by atoms with E-state index in [-0.39, 0.29) is 6.10 Å². The lowest BCUT2D eigenvalue weighted by Gasteiger charge is -2.07. The number of aliphatic hydroxyl groups excluding tert-OH is 1. The fourth-order valence-electron chi connectivity index (χ4n) is 2.10. The quantitative estimate of drug-likeness (QED) is 0.851. The van der Waals surface area contributed by atoms with Crippen LogP contribution in [0.15, 0.2) is 42.7 Å². The molecule has 1 heterocycles. The van der Waals surface area contributed by atoms with Crippen molar-refractivity contribution in [1.29, 1.82) is 0 Å². The summed E-state index contributed by atoms with van der Waals surface area (Å²) in [5.74, 6) is 0. The molecule has 0 fully saturated rings. The van der Waals surface area contributed by atoms with Gasteiger partial charge in [-0.1, -0.05) is 43.2 Å². The van der Waals surface area contributed by atoms with E-state index in [0.29, 0.717) is 0 Å². The summed E-state index contributed by atoms with van der Waals surface area (Å²) < 4.78 is 2.12. The molecule has 2 rings (SSSR count). The second kappa shape index (κ2) is 5.87. The molecule has 96 valence electrons. The van der Waals surface area contributed by atoms with Crippen LogP contribution in [0, 0.1) is 6.92 Å². The largest absolute Gasteiger partial charge is 0.388 e. The van der Waals surface area contributed by atoms with Gasteiger partial charge in [0.05, 0.1) is 6.10 Å². The third kappa shape index (κ3) is 3.23. The van der Waals surface area contributed by atoms with Crippen molar-refractivity contribution in [2.24, 2.45) is 0 Å².